The molecule has 0 radical (unpaired) electrons. The first-order valence-electron chi connectivity index (χ1n) is 8.66. The van der Waals surface area contributed by atoms with Crippen molar-refractivity contribution < 1.29 is 9.53 Å². The summed E-state index contributed by atoms with van der Waals surface area (Å²) in [5, 5.41) is 1.21. The molecule has 2 aromatic carbocycles. The van der Waals surface area contributed by atoms with Crippen LogP contribution < -0.4 is 4.74 Å². The zero-order valence-corrected chi connectivity index (χ0v) is 14.8. The smallest absolute Gasteiger partial charge is 0.299 e. The molecule has 26 heavy (non-hydrogen) atoms. The van der Waals surface area contributed by atoms with E-state index in [1.807, 2.05) is 36.4 Å². The van der Waals surface area contributed by atoms with Crippen LogP contribution in [-0.4, -0.2) is 28.9 Å². The summed E-state index contributed by atoms with van der Waals surface area (Å²) in [5.41, 5.74) is 4.39. The number of hydrogen-bond acceptors (Lipinski definition) is 2. The third-order valence-electron chi connectivity index (χ3n) is 5.16. The van der Waals surface area contributed by atoms with Gasteiger partial charge in [-0.15, -0.1) is 6.42 Å². The molecular weight excluding hydrogens is 324 g/mol. The number of aromatic amines is 1. The molecule has 0 aliphatic carbocycles. The van der Waals surface area contributed by atoms with Crippen molar-refractivity contribution in [3.8, 4) is 18.1 Å². The minimum atomic E-state index is -0.289. The van der Waals surface area contributed by atoms with Crippen molar-refractivity contribution in [2.45, 2.75) is 25.4 Å². The monoisotopic (exact) mass is 344 g/mol. The summed E-state index contributed by atoms with van der Waals surface area (Å²) in [5.74, 6) is 2.79. The second kappa shape index (κ2) is 6.27. The Morgan fingerprint density at radius 2 is 1.96 bits per heavy atom. The molecular formula is C22H20N2O2. The van der Waals surface area contributed by atoms with E-state index in [0.29, 0.717) is 0 Å². The Kier molecular flexibility index (Phi) is 3.93. The number of ether oxygens (including phenoxy) is 1. The van der Waals surface area contributed by atoms with E-state index in [9.17, 15) is 4.79 Å². The molecule has 1 aliphatic heterocycles. The summed E-state index contributed by atoms with van der Waals surface area (Å²) in [7, 11) is 1.64. The van der Waals surface area contributed by atoms with Crippen LogP contribution >= 0.6 is 0 Å². The summed E-state index contributed by atoms with van der Waals surface area (Å²) < 4.78 is 5.27. The lowest BCUT2D eigenvalue weighted by molar-refractivity contribution is -0.129. The largest absolute Gasteiger partial charge is 0.497 e. The summed E-state index contributed by atoms with van der Waals surface area (Å²) in [6.07, 6.45) is 6.25. The summed E-state index contributed by atoms with van der Waals surface area (Å²) in [6.45, 7) is 2.05. The van der Waals surface area contributed by atoms with Gasteiger partial charge in [-0.25, -0.2) is 0 Å². The Morgan fingerprint density at radius 1 is 1.23 bits per heavy atom. The number of aromatic nitrogens is 1. The number of nitrogens with zero attached hydrogens (tertiary/aromatic N) is 1. The molecule has 130 valence electrons. The minimum absolute atomic E-state index is 0.0114. The number of amides is 1. The second-order valence-electron chi connectivity index (χ2n) is 6.65. The first-order chi connectivity index (χ1) is 12.6. The fourth-order valence-electron chi connectivity index (χ4n) is 3.97. The summed E-state index contributed by atoms with van der Waals surface area (Å²) in [6, 6.07) is 15.8. The lowest BCUT2D eigenvalue weighted by atomic mass is 9.88. The number of nitrogens with one attached hydrogen (secondary N) is 1. The number of fused-ring (bicyclic) bond motifs is 3. The van der Waals surface area contributed by atoms with Crippen molar-refractivity contribution in [2.75, 3.05) is 7.11 Å². The number of terminal acetylenes is 1. The molecule has 0 bridgehead atoms. The molecule has 2 heterocycles. The number of para-hydroxylation sites is 1. The molecule has 4 rings (SSSR count). The van der Waals surface area contributed by atoms with Gasteiger partial charge in [0.15, 0.2) is 0 Å². The lowest BCUT2D eigenvalue weighted by Crippen LogP contribution is -2.45. The van der Waals surface area contributed by atoms with E-state index in [-0.39, 0.29) is 18.0 Å². The van der Waals surface area contributed by atoms with Gasteiger partial charge in [0.1, 0.15) is 5.75 Å². The number of H-pyrrole nitrogens is 1. The van der Waals surface area contributed by atoms with Gasteiger partial charge >= 0.3 is 0 Å². The Hall–Kier alpha value is -3.19. The van der Waals surface area contributed by atoms with Gasteiger partial charge in [-0.1, -0.05) is 30.3 Å². The quantitative estimate of drug-likeness (QED) is 0.721. The average molecular weight is 344 g/mol. The molecule has 0 saturated carbocycles. The fraction of sp³-hybridized carbons (Fsp3) is 0.227. The van der Waals surface area contributed by atoms with Crippen LogP contribution in [0.3, 0.4) is 0 Å². The van der Waals surface area contributed by atoms with Crippen molar-refractivity contribution in [3.63, 3.8) is 0 Å². The Morgan fingerprint density at radius 3 is 2.65 bits per heavy atom. The molecule has 1 amide bonds. The maximum atomic E-state index is 12.6. The third kappa shape index (κ3) is 2.44. The SMILES string of the molecule is C#CC(=O)N1[C@@H](c2ccc(OC)cc2)c2[nH]c3ccccc3c2C[C@@H]1C. The summed E-state index contributed by atoms with van der Waals surface area (Å²) in [4.78, 5) is 17.9. The van der Waals surface area contributed by atoms with E-state index >= 15 is 0 Å². The Bertz CT molecular complexity index is 1010. The Labute approximate surface area is 152 Å². The number of carbonyl (C=O) groups excluding carboxylic acids is 1. The van der Waals surface area contributed by atoms with Gasteiger partial charge in [-0.05, 0) is 48.6 Å². The zero-order valence-electron chi connectivity index (χ0n) is 14.8. The van der Waals surface area contributed by atoms with E-state index in [1.54, 1.807) is 12.0 Å². The molecule has 4 heteroatoms. The minimum Gasteiger partial charge on any atom is -0.497 e. The first kappa shape index (κ1) is 16.3. The zero-order chi connectivity index (χ0) is 18.3. The van der Waals surface area contributed by atoms with Crippen LogP contribution in [-0.2, 0) is 11.2 Å². The maximum absolute atomic E-state index is 12.6. The molecule has 3 aromatic rings. The predicted octanol–water partition coefficient (Wildman–Crippen LogP) is 3.67. The van der Waals surface area contributed by atoms with Gasteiger partial charge < -0.3 is 14.6 Å². The molecule has 1 aromatic heterocycles. The standard InChI is InChI=1S/C22H20N2O2/c1-4-20(25)24-14(2)13-18-17-7-5-6-8-19(17)23-21(18)22(24)15-9-11-16(26-3)12-10-15/h1,5-12,14,22-23H,13H2,2-3H3/t14-,22-/m0/s1. The van der Waals surface area contributed by atoms with E-state index in [1.165, 1.54) is 10.9 Å². The fourth-order valence-corrected chi connectivity index (χ4v) is 3.97. The normalized spacial score (nSPS) is 19.0. The summed E-state index contributed by atoms with van der Waals surface area (Å²) >= 11 is 0. The van der Waals surface area contributed by atoms with Gasteiger partial charge in [0, 0.05) is 22.6 Å². The molecule has 1 N–H and O–H groups in total. The maximum Gasteiger partial charge on any atom is 0.299 e. The average Bonchev–Trinajstić information content (AvgIpc) is 3.04. The van der Waals surface area contributed by atoms with Crippen LogP contribution in [0.5, 0.6) is 5.75 Å². The molecule has 0 saturated heterocycles. The highest BCUT2D eigenvalue weighted by Gasteiger charge is 2.37. The predicted molar refractivity (Wildman–Crippen MR) is 102 cm³/mol. The topological polar surface area (TPSA) is 45.3 Å². The molecule has 2 atom stereocenters. The number of carbonyl (C=O) groups is 1. The highest BCUT2D eigenvalue weighted by Crippen LogP contribution is 2.41. The van der Waals surface area contributed by atoms with Crippen molar-refractivity contribution in [1.29, 1.82) is 0 Å². The molecule has 0 fully saturated rings. The van der Waals surface area contributed by atoms with E-state index in [4.69, 9.17) is 11.2 Å². The number of methoxy groups -OCH3 is 1. The van der Waals surface area contributed by atoms with E-state index in [2.05, 4.69) is 30.0 Å². The first-order valence-corrected chi connectivity index (χ1v) is 8.66. The molecule has 0 unspecified atom stereocenters. The van der Waals surface area contributed by atoms with Gasteiger partial charge in [-0.2, -0.15) is 0 Å². The van der Waals surface area contributed by atoms with Gasteiger partial charge in [0.05, 0.1) is 13.2 Å². The molecule has 1 aliphatic rings. The van der Waals surface area contributed by atoms with Crippen LogP contribution in [0.15, 0.2) is 48.5 Å². The van der Waals surface area contributed by atoms with E-state index in [0.717, 1.165) is 28.9 Å². The lowest BCUT2D eigenvalue weighted by Gasteiger charge is -2.40. The highest BCUT2D eigenvalue weighted by molar-refractivity contribution is 5.94. The van der Waals surface area contributed by atoms with Crippen LogP contribution in [0.2, 0.25) is 0 Å². The van der Waals surface area contributed by atoms with Crippen molar-refractivity contribution in [3.05, 3.63) is 65.4 Å². The van der Waals surface area contributed by atoms with Gasteiger partial charge in [-0.3, -0.25) is 4.79 Å². The third-order valence-corrected chi connectivity index (χ3v) is 5.16. The van der Waals surface area contributed by atoms with Gasteiger partial charge in [0.2, 0.25) is 0 Å². The number of hydrogen-bond donors (Lipinski definition) is 1. The van der Waals surface area contributed by atoms with Crippen LogP contribution in [0.4, 0.5) is 0 Å². The highest BCUT2D eigenvalue weighted by atomic mass is 16.5. The van der Waals surface area contributed by atoms with Crippen molar-refractivity contribution in [1.82, 2.24) is 9.88 Å². The Balaban J connectivity index is 1.93. The second-order valence-corrected chi connectivity index (χ2v) is 6.65. The number of rotatable bonds is 2. The van der Waals surface area contributed by atoms with Crippen LogP contribution in [0.25, 0.3) is 10.9 Å². The van der Waals surface area contributed by atoms with Crippen molar-refractivity contribution in [2.24, 2.45) is 0 Å². The van der Waals surface area contributed by atoms with Crippen molar-refractivity contribution >= 4 is 16.8 Å². The van der Waals surface area contributed by atoms with Gasteiger partial charge in [0.25, 0.3) is 5.91 Å². The van der Waals surface area contributed by atoms with Crippen LogP contribution in [0.1, 0.15) is 29.8 Å². The van der Waals surface area contributed by atoms with Crippen LogP contribution in [0, 0.1) is 12.3 Å². The number of benzene rings is 2. The van der Waals surface area contributed by atoms with E-state index < -0.39 is 0 Å². The molecule has 4 nitrogen and oxygen atoms in total. The molecule has 0 spiro atoms.